The number of nitrogens with one attached hydrogen (secondary N) is 1. The molecule has 1 saturated carbocycles. The summed E-state index contributed by atoms with van der Waals surface area (Å²) in [4.78, 5) is 24.2. The fourth-order valence-electron chi connectivity index (χ4n) is 5.44. The molecule has 3 aromatic rings. The summed E-state index contributed by atoms with van der Waals surface area (Å²) in [6, 6.07) is 6.02. The number of halogens is 3. The van der Waals surface area contributed by atoms with Crippen LogP contribution in [0.3, 0.4) is 0 Å². The number of pyridine rings is 2. The molecular formula is C27H31F3N6O5S. The van der Waals surface area contributed by atoms with Gasteiger partial charge in [0, 0.05) is 36.9 Å². The zero-order valence-corrected chi connectivity index (χ0v) is 23.9. The Bertz CT molecular complexity index is 1510. The van der Waals surface area contributed by atoms with Crippen LogP contribution in [0.15, 0.2) is 36.7 Å². The summed E-state index contributed by atoms with van der Waals surface area (Å²) in [5, 5.41) is 6.70. The molecule has 1 aliphatic heterocycles. The number of nitrogens with zero attached hydrogens (tertiary/aromatic N) is 5. The van der Waals surface area contributed by atoms with E-state index in [0.717, 1.165) is 80.8 Å². The Morgan fingerprint density at radius 1 is 1.05 bits per heavy atom. The fraction of sp³-hybridized carbons (Fsp3) is 0.481. The van der Waals surface area contributed by atoms with Gasteiger partial charge in [-0.2, -0.15) is 21.6 Å². The van der Waals surface area contributed by atoms with Crippen molar-refractivity contribution >= 4 is 21.7 Å². The van der Waals surface area contributed by atoms with E-state index in [-0.39, 0.29) is 17.1 Å². The molecule has 0 unspecified atom stereocenters. The van der Waals surface area contributed by atoms with E-state index < -0.39 is 33.6 Å². The summed E-state index contributed by atoms with van der Waals surface area (Å²) in [7, 11) is -4.09. The highest BCUT2D eigenvalue weighted by molar-refractivity contribution is 7.86. The third kappa shape index (κ3) is 6.90. The number of amides is 1. The number of hydrogen-bond acceptors (Lipinski definition) is 9. The number of alkyl halides is 3. The molecule has 2 aliphatic rings. The van der Waals surface area contributed by atoms with Gasteiger partial charge in [0.2, 0.25) is 0 Å². The lowest BCUT2D eigenvalue weighted by Gasteiger charge is -2.38. The summed E-state index contributed by atoms with van der Waals surface area (Å²) in [6.07, 6.45) is 2.57. The first-order chi connectivity index (χ1) is 19.9. The molecule has 1 N–H and O–H groups in total. The molecule has 1 saturated heterocycles. The highest BCUT2D eigenvalue weighted by atomic mass is 32.2. The van der Waals surface area contributed by atoms with Crippen LogP contribution < -0.4 is 9.50 Å². The first-order valence-corrected chi connectivity index (χ1v) is 15.3. The van der Waals surface area contributed by atoms with Crippen LogP contribution in [-0.2, 0) is 21.0 Å². The second-order valence-electron chi connectivity index (χ2n) is 10.4. The number of aromatic nitrogens is 4. The normalized spacial score (nSPS) is 20.3. The number of ether oxygens (including phenoxy) is 1. The predicted molar refractivity (Wildman–Crippen MR) is 146 cm³/mol. The molecule has 3 aromatic heterocycles. The largest absolute Gasteiger partial charge is 0.417 e. The van der Waals surface area contributed by atoms with Gasteiger partial charge in [-0.05, 0) is 56.9 Å². The Morgan fingerprint density at radius 2 is 1.76 bits per heavy atom. The smallest absolute Gasteiger partial charge is 0.379 e. The zero-order valence-electron chi connectivity index (χ0n) is 23.1. The van der Waals surface area contributed by atoms with E-state index >= 15 is 0 Å². The van der Waals surface area contributed by atoms with E-state index in [9.17, 15) is 26.4 Å². The quantitative estimate of drug-likeness (QED) is 0.397. The Labute approximate surface area is 241 Å². The molecule has 2 fully saturated rings. The van der Waals surface area contributed by atoms with Gasteiger partial charge < -0.3 is 14.2 Å². The van der Waals surface area contributed by atoms with Crippen molar-refractivity contribution in [1.82, 2.24) is 24.6 Å². The van der Waals surface area contributed by atoms with E-state index in [1.54, 1.807) is 6.07 Å². The Balaban J connectivity index is 1.30. The van der Waals surface area contributed by atoms with Crippen molar-refractivity contribution in [3.8, 4) is 11.7 Å². The number of carbonyl (C=O) groups excluding carboxylic acids is 1. The van der Waals surface area contributed by atoms with Crippen LogP contribution in [0.25, 0.3) is 5.82 Å². The van der Waals surface area contributed by atoms with Crippen LogP contribution in [0.5, 0.6) is 5.88 Å². The first kappa shape index (κ1) is 29.9. The predicted octanol–water partition coefficient (Wildman–Crippen LogP) is 3.94. The van der Waals surface area contributed by atoms with Crippen LogP contribution in [-0.4, -0.2) is 77.6 Å². The molecule has 0 atom stereocenters. The van der Waals surface area contributed by atoms with Crippen molar-refractivity contribution < 1.29 is 35.3 Å². The molecule has 1 aliphatic carbocycles. The highest BCUT2D eigenvalue weighted by Crippen LogP contribution is 2.35. The molecule has 4 heterocycles. The highest BCUT2D eigenvalue weighted by Gasteiger charge is 2.32. The van der Waals surface area contributed by atoms with Gasteiger partial charge in [0.15, 0.2) is 5.82 Å². The topological polar surface area (TPSA) is 129 Å². The molecular weight excluding hydrogens is 577 g/mol. The minimum Gasteiger partial charge on any atom is -0.379 e. The summed E-state index contributed by atoms with van der Waals surface area (Å²) in [6.45, 7) is 4.95. The number of morpholine rings is 1. The van der Waals surface area contributed by atoms with Crippen molar-refractivity contribution in [2.45, 2.75) is 50.7 Å². The lowest BCUT2D eigenvalue weighted by molar-refractivity contribution is -0.137. The minimum absolute atomic E-state index is 0.0627. The van der Waals surface area contributed by atoms with Gasteiger partial charge >= 0.3 is 16.3 Å². The van der Waals surface area contributed by atoms with Crippen molar-refractivity contribution in [2.75, 3.05) is 37.9 Å². The average Bonchev–Trinajstić information content (AvgIpc) is 3.27. The third-order valence-corrected chi connectivity index (χ3v) is 8.02. The van der Waals surface area contributed by atoms with Crippen molar-refractivity contribution in [1.29, 1.82) is 0 Å². The molecule has 11 nitrogen and oxygen atoms in total. The Kier molecular flexibility index (Phi) is 8.53. The van der Waals surface area contributed by atoms with Crippen LogP contribution in [0.1, 0.15) is 58.9 Å². The van der Waals surface area contributed by atoms with Gasteiger partial charge in [0.1, 0.15) is 5.56 Å². The van der Waals surface area contributed by atoms with Crippen molar-refractivity contribution in [2.24, 2.45) is 0 Å². The van der Waals surface area contributed by atoms with E-state index in [1.807, 2.05) is 6.07 Å². The minimum atomic E-state index is -4.59. The SMILES string of the molecule is Cc1c(C(=O)Nc2ccc(C3CCC(N4CCOCC4)CC3)nc2)c(OS(C)(=O)=O)nn1-c1ccc(C(F)(F)F)cn1. The third-order valence-electron chi connectivity index (χ3n) is 7.56. The summed E-state index contributed by atoms with van der Waals surface area (Å²) in [5.41, 5.74) is 0.234. The Morgan fingerprint density at radius 3 is 2.33 bits per heavy atom. The van der Waals surface area contributed by atoms with Gasteiger partial charge in [0.25, 0.3) is 11.8 Å². The maximum Gasteiger partial charge on any atom is 0.417 e. The molecule has 1 amide bonds. The van der Waals surface area contributed by atoms with Crippen LogP contribution in [0.2, 0.25) is 0 Å². The summed E-state index contributed by atoms with van der Waals surface area (Å²) < 4.78 is 74.1. The maximum atomic E-state index is 13.3. The van der Waals surface area contributed by atoms with E-state index in [4.69, 9.17) is 8.92 Å². The van der Waals surface area contributed by atoms with E-state index in [1.165, 1.54) is 13.1 Å². The lowest BCUT2D eigenvalue weighted by atomic mass is 9.83. The molecule has 15 heteroatoms. The second kappa shape index (κ2) is 12.0. The van der Waals surface area contributed by atoms with Gasteiger partial charge in [-0.1, -0.05) is 0 Å². The van der Waals surface area contributed by atoms with Crippen molar-refractivity contribution in [3.63, 3.8) is 0 Å². The first-order valence-electron chi connectivity index (χ1n) is 13.5. The van der Waals surface area contributed by atoms with Crippen LogP contribution in [0.4, 0.5) is 18.9 Å². The molecule has 0 spiro atoms. The number of hydrogen-bond donors (Lipinski definition) is 1. The van der Waals surface area contributed by atoms with Gasteiger partial charge in [-0.25, -0.2) is 9.67 Å². The second-order valence-corrected chi connectivity index (χ2v) is 12.0. The molecule has 42 heavy (non-hydrogen) atoms. The Hall–Kier alpha value is -3.56. The number of carbonyl (C=O) groups is 1. The molecule has 0 bridgehead atoms. The zero-order chi connectivity index (χ0) is 30.1. The lowest BCUT2D eigenvalue weighted by Crippen LogP contribution is -2.44. The summed E-state index contributed by atoms with van der Waals surface area (Å²) >= 11 is 0. The average molecular weight is 609 g/mol. The summed E-state index contributed by atoms with van der Waals surface area (Å²) in [5.74, 6) is -1.01. The molecule has 226 valence electrons. The monoisotopic (exact) mass is 608 g/mol. The molecule has 0 radical (unpaired) electrons. The molecule has 0 aromatic carbocycles. The van der Waals surface area contributed by atoms with E-state index in [0.29, 0.717) is 23.8 Å². The fourth-order valence-corrected chi connectivity index (χ4v) is 5.84. The standard InChI is InChI=1S/C27H31F3N6O5S/c1-17-24(26(41-42(2,38)39)34-36(17)23-10-5-19(15-32-23)27(28,29)30)25(37)33-20-6-9-22(31-16-20)18-3-7-21(8-4-18)35-11-13-40-14-12-35/h5-6,9-10,15-16,18,21H,3-4,7-8,11-14H2,1-2H3,(H,33,37). The number of anilines is 1. The van der Waals surface area contributed by atoms with Crippen LogP contribution >= 0.6 is 0 Å². The van der Waals surface area contributed by atoms with Crippen LogP contribution in [0, 0.1) is 6.92 Å². The van der Waals surface area contributed by atoms with Gasteiger partial charge in [0.05, 0.1) is 42.6 Å². The van der Waals surface area contributed by atoms with Gasteiger partial charge in [-0.15, -0.1) is 5.10 Å². The van der Waals surface area contributed by atoms with Gasteiger partial charge in [-0.3, -0.25) is 14.7 Å². The number of rotatable bonds is 7. The van der Waals surface area contributed by atoms with E-state index in [2.05, 4.69) is 25.3 Å². The molecule has 5 rings (SSSR count). The van der Waals surface area contributed by atoms with Crippen molar-refractivity contribution in [3.05, 3.63) is 59.2 Å². The maximum absolute atomic E-state index is 13.3.